The Labute approximate surface area is 101 Å². The molecule has 1 N–H and O–H groups in total. The number of carbonyl (C=O) groups is 1. The molecule has 0 radical (unpaired) electrons. The highest BCUT2D eigenvalue weighted by Gasteiger charge is 2.18. The second-order valence-electron chi connectivity index (χ2n) is 4.01. The van der Waals surface area contributed by atoms with Gasteiger partial charge in [-0.2, -0.15) is 0 Å². The van der Waals surface area contributed by atoms with Gasteiger partial charge in [-0.15, -0.1) is 0 Å². The lowest BCUT2D eigenvalue weighted by molar-refractivity contribution is -0.116. The van der Waals surface area contributed by atoms with Gasteiger partial charge in [0.05, 0.1) is 0 Å². The number of rotatable bonds is 1. The maximum Gasteiger partial charge on any atom is 0.162 e. The van der Waals surface area contributed by atoms with E-state index in [1.807, 2.05) is 30.3 Å². The third-order valence-corrected chi connectivity index (χ3v) is 2.72. The lowest BCUT2D eigenvalue weighted by atomic mass is 9.94. The van der Waals surface area contributed by atoms with E-state index in [4.69, 9.17) is 0 Å². The topological polar surface area (TPSA) is 37.3 Å². The predicted molar refractivity (Wildman–Crippen MR) is 66.3 cm³/mol. The molecule has 0 saturated heterocycles. The number of aliphatic hydroxyl groups is 1. The highest BCUT2D eigenvalue weighted by Crippen LogP contribution is 2.16. The summed E-state index contributed by atoms with van der Waals surface area (Å²) < 4.78 is 0. The third kappa shape index (κ3) is 3.05. The Morgan fingerprint density at radius 1 is 1.24 bits per heavy atom. The van der Waals surface area contributed by atoms with E-state index in [2.05, 4.69) is 11.8 Å². The number of ketones is 1. The van der Waals surface area contributed by atoms with Crippen LogP contribution in [0.5, 0.6) is 0 Å². The molecule has 0 aliphatic heterocycles. The van der Waals surface area contributed by atoms with Gasteiger partial charge in [-0.25, -0.2) is 0 Å². The molecule has 86 valence electrons. The molecule has 1 aliphatic carbocycles. The molecule has 0 saturated carbocycles. The minimum atomic E-state index is -0.956. The summed E-state index contributed by atoms with van der Waals surface area (Å²) >= 11 is 0. The number of benzene rings is 1. The van der Waals surface area contributed by atoms with Crippen LogP contribution in [0.25, 0.3) is 0 Å². The standard InChI is InChI=1S/C15H14O2/c16-14-9-5-4-8-13(14)15(17)11-10-12-6-2-1-3-7-12/h1-3,6-8,15,17H,4-5,9H2. The summed E-state index contributed by atoms with van der Waals surface area (Å²) in [6, 6.07) is 9.44. The first kappa shape index (κ1) is 11.6. The molecule has 1 aromatic carbocycles. The van der Waals surface area contributed by atoms with Crippen LogP contribution < -0.4 is 0 Å². The van der Waals surface area contributed by atoms with Gasteiger partial charge in [-0.05, 0) is 25.0 Å². The van der Waals surface area contributed by atoms with E-state index in [9.17, 15) is 9.90 Å². The van der Waals surface area contributed by atoms with Crippen LogP contribution in [-0.4, -0.2) is 17.0 Å². The smallest absolute Gasteiger partial charge is 0.162 e. The Bertz CT molecular complexity index is 489. The quantitative estimate of drug-likeness (QED) is 0.744. The summed E-state index contributed by atoms with van der Waals surface area (Å²) in [4.78, 5) is 11.6. The van der Waals surface area contributed by atoms with Crippen LogP contribution >= 0.6 is 0 Å². The molecular formula is C15H14O2. The first-order valence-electron chi connectivity index (χ1n) is 5.75. The van der Waals surface area contributed by atoms with Gasteiger partial charge in [-0.1, -0.05) is 36.1 Å². The SMILES string of the molecule is O=C1CCCC=C1C(O)C#Cc1ccccc1. The molecule has 0 bridgehead atoms. The van der Waals surface area contributed by atoms with E-state index in [1.165, 1.54) is 0 Å². The zero-order chi connectivity index (χ0) is 12.1. The van der Waals surface area contributed by atoms with E-state index in [0.29, 0.717) is 12.0 Å². The van der Waals surface area contributed by atoms with Crippen molar-refractivity contribution in [3.8, 4) is 11.8 Å². The van der Waals surface area contributed by atoms with Gasteiger partial charge in [0.15, 0.2) is 5.78 Å². The summed E-state index contributed by atoms with van der Waals surface area (Å²) in [5, 5.41) is 9.84. The van der Waals surface area contributed by atoms with E-state index in [-0.39, 0.29) is 5.78 Å². The zero-order valence-electron chi connectivity index (χ0n) is 9.52. The van der Waals surface area contributed by atoms with Gasteiger partial charge < -0.3 is 5.11 Å². The summed E-state index contributed by atoms with van der Waals surface area (Å²) in [6.07, 6.45) is 3.10. The maximum atomic E-state index is 11.6. The van der Waals surface area contributed by atoms with Crippen molar-refractivity contribution in [3.05, 3.63) is 47.5 Å². The van der Waals surface area contributed by atoms with Crippen LogP contribution in [0, 0.1) is 11.8 Å². The molecule has 1 atom stereocenters. The average molecular weight is 226 g/mol. The van der Waals surface area contributed by atoms with Crippen molar-refractivity contribution in [1.29, 1.82) is 0 Å². The Hall–Kier alpha value is -1.85. The molecule has 1 unspecified atom stereocenters. The van der Waals surface area contributed by atoms with Crippen molar-refractivity contribution < 1.29 is 9.90 Å². The molecule has 2 nitrogen and oxygen atoms in total. The van der Waals surface area contributed by atoms with Gasteiger partial charge in [0.25, 0.3) is 0 Å². The summed E-state index contributed by atoms with van der Waals surface area (Å²) in [7, 11) is 0. The molecule has 0 spiro atoms. The molecule has 0 aromatic heterocycles. The van der Waals surface area contributed by atoms with Gasteiger partial charge in [0.2, 0.25) is 0 Å². The number of aliphatic hydroxyl groups excluding tert-OH is 1. The van der Waals surface area contributed by atoms with Crippen LogP contribution in [-0.2, 0) is 4.79 Å². The first-order chi connectivity index (χ1) is 8.27. The number of hydrogen-bond acceptors (Lipinski definition) is 2. The number of allylic oxidation sites excluding steroid dienone is 1. The molecule has 1 aliphatic rings. The van der Waals surface area contributed by atoms with Crippen LogP contribution in [0.1, 0.15) is 24.8 Å². The number of Topliss-reactive ketones (excluding diaryl/α,β-unsaturated/α-hetero) is 1. The molecule has 0 heterocycles. The highest BCUT2D eigenvalue weighted by molar-refractivity contribution is 5.97. The monoisotopic (exact) mass is 226 g/mol. The fourth-order valence-corrected chi connectivity index (χ4v) is 1.79. The predicted octanol–water partition coefficient (Wildman–Crippen LogP) is 2.08. The molecule has 0 amide bonds. The van der Waals surface area contributed by atoms with Crippen molar-refractivity contribution in [3.63, 3.8) is 0 Å². The third-order valence-electron chi connectivity index (χ3n) is 2.72. The van der Waals surface area contributed by atoms with E-state index in [0.717, 1.165) is 18.4 Å². The van der Waals surface area contributed by atoms with Crippen molar-refractivity contribution in [2.45, 2.75) is 25.4 Å². The minimum absolute atomic E-state index is 0.0195. The van der Waals surface area contributed by atoms with Gasteiger partial charge >= 0.3 is 0 Å². The van der Waals surface area contributed by atoms with E-state index >= 15 is 0 Å². The van der Waals surface area contributed by atoms with Crippen molar-refractivity contribution in [2.75, 3.05) is 0 Å². The van der Waals surface area contributed by atoms with Gasteiger partial charge in [0.1, 0.15) is 6.10 Å². The summed E-state index contributed by atoms with van der Waals surface area (Å²) in [6.45, 7) is 0. The first-order valence-corrected chi connectivity index (χ1v) is 5.75. The normalized spacial score (nSPS) is 16.8. The minimum Gasteiger partial charge on any atom is -0.376 e. The Balaban J connectivity index is 2.12. The van der Waals surface area contributed by atoms with Crippen LogP contribution in [0.2, 0.25) is 0 Å². The zero-order valence-corrected chi connectivity index (χ0v) is 9.52. The summed E-state index contributed by atoms with van der Waals surface area (Å²) in [5.74, 6) is 5.60. The molecule has 0 fully saturated rings. The van der Waals surface area contributed by atoms with Crippen molar-refractivity contribution in [2.24, 2.45) is 0 Å². The fraction of sp³-hybridized carbons (Fsp3) is 0.267. The van der Waals surface area contributed by atoms with Crippen LogP contribution in [0.3, 0.4) is 0 Å². The van der Waals surface area contributed by atoms with Gasteiger partial charge in [0, 0.05) is 17.6 Å². The fourth-order valence-electron chi connectivity index (χ4n) is 1.79. The van der Waals surface area contributed by atoms with Gasteiger partial charge in [-0.3, -0.25) is 4.79 Å². The van der Waals surface area contributed by atoms with Crippen molar-refractivity contribution >= 4 is 5.78 Å². The average Bonchev–Trinajstić information content (AvgIpc) is 2.38. The molecule has 2 rings (SSSR count). The lowest BCUT2D eigenvalue weighted by Crippen LogP contribution is -2.18. The highest BCUT2D eigenvalue weighted by atomic mass is 16.3. The molecule has 17 heavy (non-hydrogen) atoms. The number of hydrogen-bond donors (Lipinski definition) is 1. The second kappa shape index (κ2) is 5.47. The summed E-state index contributed by atoms with van der Waals surface area (Å²) in [5.41, 5.74) is 1.30. The Morgan fingerprint density at radius 2 is 2.00 bits per heavy atom. The lowest BCUT2D eigenvalue weighted by Gasteiger charge is -2.12. The van der Waals surface area contributed by atoms with E-state index < -0.39 is 6.10 Å². The van der Waals surface area contributed by atoms with E-state index in [1.54, 1.807) is 6.08 Å². The Morgan fingerprint density at radius 3 is 2.71 bits per heavy atom. The van der Waals surface area contributed by atoms with Crippen LogP contribution in [0.15, 0.2) is 42.0 Å². The largest absolute Gasteiger partial charge is 0.376 e. The maximum absolute atomic E-state index is 11.6. The molecule has 1 aromatic rings. The second-order valence-corrected chi connectivity index (χ2v) is 4.01. The Kier molecular flexibility index (Phi) is 3.74. The van der Waals surface area contributed by atoms with Crippen LogP contribution in [0.4, 0.5) is 0 Å². The molecule has 2 heteroatoms. The van der Waals surface area contributed by atoms with Crippen molar-refractivity contribution in [1.82, 2.24) is 0 Å². The molecular weight excluding hydrogens is 212 g/mol. The number of carbonyl (C=O) groups excluding carboxylic acids is 1.